The summed E-state index contributed by atoms with van der Waals surface area (Å²) in [6.07, 6.45) is 0.915. The number of hydrogen-bond donors (Lipinski definition) is 0. The molecule has 1 fully saturated rings. The number of hydrogen-bond acceptors (Lipinski definition) is 2. The summed E-state index contributed by atoms with van der Waals surface area (Å²) < 4.78 is 17.4. The third kappa shape index (κ3) is 2.59. The summed E-state index contributed by atoms with van der Waals surface area (Å²) in [5, 5.41) is 0.185. The van der Waals surface area contributed by atoms with E-state index >= 15 is 0 Å². The highest BCUT2D eigenvalue weighted by Gasteiger charge is 2.28. The zero-order valence-corrected chi connectivity index (χ0v) is 10.6. The van der Waals surface area contributed by atoms with Crippen molar-refractivity contribution in [3.05, 3.63) is 29.8 Å². The van der Waals surface area contributed by atoms with E-state index in [2.05, 4.69) is 26.0 Å². The lowest BCUT2D eigenvalue weighted by Crippen LogP contribution is -2.21. The molecule has 0 radical (unpaired) electrons. The van der Waals surface area contributed by atoms with Crippen LogP contribution in [0.1, 0.15) is 31.7 Å². The van der Waals surface area contributed by atoms with Crippen LogP contribution in [-0.4, -0.2) is 23.0 Å². The zero-order valence-electron chi connectivity index (χ0n) is 9.81. The van der Waals surface area contributed by atoms with Crippen LogP contribution < -0.4 is 0 Å². The average Bonchev–Trinajstić information content (AvgIpc) is 2.81. The molecule has 1 aliphatic heterocycles. The van der Waals surface area contributed by atoms with Gasteiger partial charge in [-0.2, -0.15) is 0 Å². The highest BCUT2D eigenvalue weighted by molar-refractivity contribution is 7.92. The van der Waals surface area contributed by atoms with Gasteiger partial charge in [-0.1, -0.05) is 26.0 Å². The lowest BCUT2D eigenvalue weighted by Gasteiger charge is -2.16. The second-order valence-electron chi connectivity index (χ2n) is 4.51. The molecule has 1 aliphatic rings. The first kappa shape index (κ1) is 12.0. The van der Waals surface area contributed by atoms with Crippen molar-refractivity contribution in [1.29, 1.82) is 0 Å². The fourth-order valence-electron chi connectivity index (χ4n) is 1.86. The van der Waals surface area contributed by atoms with E-state index in [1.165, 1.54) is 5.56 Å². The van der Waals surface area contributed by atoms with Crippen molar-refractivity contribution in [2.45, 2.75) is 36.3 Å². The van der Waals surface area contributed by atoms with Crippen LogP contribution in [-0.2, 0) is 15.9 Å². The van der Waals surface area contributed by atoms with Gasteiger partial charge in [0.15, 0.2) is 4.90 Å². The van der Waals surface area contributed by atoms with Crippen molar-refractivity contribution in [2.24, 2.45) is 0 Å². The maximum absolute atomic E-state index is 12.2. The van der Waals surface area contributed by atoms with E-state index in [1.54, 1.807) is 0 Å². The normalized spacial score (nSPS) is 22.6. The summed E-state index contributed by atoms with van der Waals surface area (Å²) >= 11 is -0.905. The smallest absolute Gasteiger partial charge is 0.153 e. The SMILES string of the molecule is CC(C)c1ccc([S+]([O-])C2CCOC2)cc1. The molecule has 16 heavy (non-hydrogen) atoms. The summed E-state index contributed by atoms with van der Waals surface area (Å²) in [5.74, 6) is 0.525. The largest absolute Gasteiger partial charge is 0.611 e. The van der Waals surface area contributed by atoms with Gasteiger partial charge in [0, 0.05) is 6.42 Å². The molecule has 2 rings (SSSR count). The quantitative estimate of drug-likeness (QED) is 0.758. The van der Waals surface area contributed by atoms with Crippen LogP contribution in [0.15, 0.2) is 29.2 Å². The lowest BCUT2D eigenvalue weighted by atomic mass is 10.0. The molecule has 0 spiro atoms. The first-order chi connectivity index (χ1) is 7.68. The average molecular weight is 238 g/mol. The fraction of sp³-hybridized carbons (Fsp3) is 0.538. The molecule has 0 aliphatic carbocycles. The van der Waals surface area contributed by atoms with Gasteiger partial charge in [0.2, 0.25) is 0 Å². The second-order valence-corrected chi connectivity index (χ2v) is 6.24. The first-order valence-corrected chi connectivity index (χ1v) is 6.98. The Morgan fingerprint density at radius 1 is 1.31 bits per heavy atom. The maximum Gasteiger partial charge on any atom is 0.153 e. The fourth-order valence-corrected chi connectivity index (χ4v) is 3.18. The van der Waals surface area contributed by atoms with E-state index in [1.807, 2.05) is 12.1 Å². The van der Waals surface area contributed by atoms with Gasteiger partial charge in [0.1, 0.15) is 5.25 Å². The molecule has 3 heteroatoms. The molecule has 0 saturated carbocycles. The molecule has 88 valence electrons. The zero-order chi connectivity index (χ0) is 11.5. The Labute approximate surface area is 100 Å². The highest BCUT2D eigenvalue weighted by atomic mass is 32.2. The molecule has 0 aromatic heterocycles. The van der Waals surface area contributed by atoms with Crippen molar-refractivity contribution in [3.63, 3.8) is 0 Å². The van der Waals surface area contributed by atoms with Gasteiger partial charge < -0.3 is 9.29 Å². The van der Waals surface area contributed by atoms with Gasteiger partial charge in [-0.05, 0) is 34.8 Å². The Balaban J connectivity index is 2.08. The summed E-state index contributed by atoms with van der Waals surface area (Å²) in [5.41, 5.74) is 1.29. The molecule has 1 heterocycles. The summed E-state index contributed by atoms with van der Waals surface area (Å²) in [7, 11) is 0. The molecular formula is C13H18O2S. The summed E-state index contributed by atoms with van der Waals surface area (Å²) in [6.45, 7) is 5.71. The molecule has 0 amide bonds. The van der Waals surface area contributed by atoms with Crippen LogP contribution in [0.2, 0.25) is 0 Å². The predicted molar refractivity (Wildman–Crippen MR) is 66.2 cm³/mol. The lowest BCUT2D eigenvalue weighted by molar-refractivity contribution is 0.198. The number of benzene rings is 1. The minimum Gasteiger partial charge on any atom is -0.611 e. The van der Waals surface area contributed by atoms with E-state index in [0.29, 0.717) is 12.5 Å². The van der Waals surface area contributed by atoms with Crippen LogP contribution >= 0.6 is 0 Å². The molecule has 0 N–H and O–H groups in total. The Kier molecular flexibility index (Phi) is 3.90. The number of ether oxygens (including phenoxy) is 1. The Morgan fingerprint density at radius 2 is 2.00 bits per heavy atom. The Bertz CT molecular complexity index is 328. The van der Waals surface area contributed by atoms with Crippen molar-refractivity contribution in [2.75, 3.05) is 13.2 Å². The van der Waals surface area contributed by atoms with Crippen LogP contribution in [0, 0.1) is 0 Å². The molecule has 2 unspecified atom stereocenters. The van der Waals surface area contributed by atoms with E-state index in [-0.39, 0.29) is 5.25 Å². The Morgan fingerprint density at radius 3 is 2.50 bits per heavy atom. The molecule has 1 aromatic rings. The minimum atomic E-state index is -0.905. The van der Waals surface area contributed by atoms with Crippen molar-refractivity contribution in [3.8, 4) is 0 Å². The van der Waals surface area contributed by atoms with Gasteiger partial charge in [-0.3, -0.25) is 0 Å². The van der Waals surface area contributed by atoms with Crippen LogP contribution in [0.5, 0.6) is 0 Å². The molecule has 1 aromatic carbocycles. The topological polar surface area (TPSA) is 32.3 Å². The van der Waals surface area contributed by atoms with E-state index in [0.717, 1.165) is 17.9 Å². The predicted octanol–water partition coefficient (Wildman–Crippen LogP) is 2.71. The maximum atomic E-state index is 12.2. The van der Waals surface area contributed by atoms with Crippen LogP contribution in [0.4, 0.5) is 0 Å². The summed E-state index contributed by atoms with van der Waals surface area (Å²) in [6, 6.07) is 8.13. The van der Waals surface area contributed by atoms with Gasteiger partial charge in [0.25, 0.3) is 0 Å². The summed E-state index contributed by atoms with van der Waals surface area (Å²) in [4.78, 5) is 0.930. The first-order valence-electron chi connectivity index (χ1n) is 5.77. The minimum absolute atomic E-state index is 0.185. The van der Waals surface area contributed by atoms with Crippen molar-refractivity contribution < 1.29 is 9.29 Å². The van der Waals surface area contributed by atoms with Crippen LogP contribution in [0.25, 0.3) is 0 Å². The van der Waals surface area contributed by atoms with Gasteiger partial charge in [-0.15, -0.1) is 0 Å². The van der Waals surface area contributed by atoms with Gasteiger partial charge >= 0.3 is 0 Å². The molecule has 2 nitrogen and oxygen atoms in total. The Hall–Kier alpha value is -0.510. The van der Waals surface area contributed by atoms with Crippen molar-refractivity contribution >= 4 is 11.2 Å². The van der Waals surface area contributed by atoms with Gasteiger partial charge in [0.05, 0.1) is 13.2 Å². The van der Waals surface area contributed by atoms with Gasteiger partial charge in [-0.25, -0.2) is 0 Å². The molecule has 0 bridgehead atoms. The van der Waals surface area contributed by atoms with Crippen LogP contribution in [0.3, 0.4) is 0 Å². The van der Waals surface area contributed by atoms with E-state index < -0.39 is 11.2 Å². The third-order valence-electron chi connectivity index (χ3n) is 2.97. The van der Waals surface area contributed by atoms with Crippen molar-refractivity contribution in [1.82, 2.24) is 0 Å². The molecular weight excluding hydrogens is 220 g/mol. The highest BCUT2D eigenvalue weighted by Crippen LogP contribution is 2.24. The monoisotopic (exact) mass is 238 g/mol. The second kappa shape index (κ2) is 5.21. The van der Waals surface area contributed by atoms with E-state index in [4.69, 9.17) is 4.74 Å². The standard InChI is InChI=1S/C13H18O2S/c1-10(2)11-3-5-12(6-4-11)16(14)13-7-8-15-9-13/h3-6,10,13H,7-9H2,1-2H3. The molecule has 2 atom stereocenters. The third-order valence-corrected chi connectivity index (χ3v) is 4.68. The van der Waals surface area contributed by atoms with E-state index in [9.17, 15) is 4.55 Å². The molecule has 1 saturated heterocycles. The number of rotatable bonds is 3.